The van der Waals surface area contributed by atoms with E-state index in [0.29, 0.717) is 36.7 Å². The highest BCUT2D eigenvalue weighted by atomic mass is 35.5. The van der Waals surface area contributed by atoms with Gasteiger partial charge in [0.25, 0.3) is 0 Å². The molecule has 0 bridgehead atoms. The Bertz CT molecular complexity index is 705. The first-order valence-corrected chi connectivity index (χ1v) is 9.37. The number of hydrogen-bond donors (Lipinski definition) is 2. The van der Waals surface area contributed by atoms with E-state index in [9.17, 15) is 19.5 Å². The van der Waals surface area contributed by atoms with Crippen molar-refractivity contribution in [2.45, 2.75) is 57.2 Å². The van der Waals surface area contributed by atoms with Crippen molar-refractivity contribution < 1.29 is 19.5 Å². The number of hydrogen-bond acceptors (Lipinski definition) is 3. The van der Waals surface area contributed by atoms with Crippen molar-refractivity contribution in [2.24, 2.45) is 5.92 Å². The standard InChI is InChI=1S/C19H23ClN2O4/c20-15-4-2-1-3-13(15)11-22-14(7-8-18(22)24)10-17(23)21-16(19(25)26)9-12-5-6-12/h1-4,12,14,16H,5-11H2,(H,21,23)(H,25,26)/t14-,16-/m0/s1. The first-order valence-electron chi connectivity index (χ1n) is 8.99. The molecule has 1 heterocycles. The molecule has 0 aromatic heterocycles. The van der Waals surface area contributed by atoms with E-state index in [1.54, 1.807) is 11.0 Å². The van der Waals surface area contributed by atoms with Gasteiger partial charge in [0.05, 0.1) is 0 Å². The van der Waals surface area contributed by atoms with E-state index >= 15 is 0 Å². The Kier molecular flexibility index (Phi) is 5.81. The third-order valence-electron chi connectivity index (χ3n) is 5.07. The molecule has 3 rings (SSSR count). The summed E-state index contributed by atoms with van der Waals surface area (Å²) in [4.78, 5) is 37.6. The molecule has 1 aromatic rings. The first-order chi connectivity index (χ1) is 12.4. The van der Waals surface area contributed by atoms with Crippen molar-refractivity contribution in [3.63, 3.8) is 0 Å². The maximum atomic E-state index is 12.3. The van der Waals surface area contributed by atoms with Gasteiger partial charge in [-0.05, 0) is 30.4 Å². The van der Waals surface area contributed by atoms with Gasteiger partial charge in [0.2, 0.25) is 11.8 Å². The molecule has 0 unspecified atom stereocenters. The molecule has 0 spiro atoms. The molecular weight excluding hydrogens is 356 g/mol. The summed E-state index contributed by atoms with van der Waals surface area (Å²) in [6.45, 7) is 0.362. The van der Waals surface area contributed by atoms with E-state index in [1.807, 2.05) is 18.2 Å². The predicted molar refractivity (Wildman–Crippen MR) is 96.5 cm³/mol. The van der Waals surface area contributed by atoms with Gasteiger partial charge >= 0.3 is 5.97 Å². The lowest BCUT2D eigenvalue weighted by molar-refractivity contribution is -0.142. The van der Waals surface area contributed by atoms with Crippen molar-refractivity contribution in [3.8, 4) is 0 Å². The minimum atomic E-state index is -0.999. The SMILES string of the molecule is O=C(C[C@@H]1CCC(=O)N1Cc1ccccc1Cl)N[C@@H](CC1CC1)C(=O)O. The molecule has 1 aliphatic heterocycles. The second-order valence-corrected chi connectivity index (χ2v) is 7.55. The van der Waals surface area contributed by atoms with Gasteiger partial charge in [0.1, 0.15) is 6.04 Å². The third-order valence-corrected chi connectivity index (χ3v) is 5.44. The fourth-order valence-corrected chi connectivity index (χ4v) is 3.60. The summed E-state index contributed by atoms with van der Waals surface area (Å²) in [5, 5.41) is 12.5. The minimum Gasteiger partial charge on any atom is -0.480 e. The lowest BCUT2D eigenvalue weighted by Gasteiger charge is -2.25. The van der Waals surface area contributed by atoms with Gasteiger partial charge in [0, 0.05) is 30.5 Å². The summed E-state index contributed by atoms with van der Waals surface area (Å²) in [5.74, 6) is -0.917. The van der Waals surface area contributed by atoms with Crippen LogP contribution in [0, 0.1) is 5.92 Å². The monoisotopic (exact) mass is 378 g/mol. The van der Waals surface area contributed by atoms with Gasteiger partial charge in [-0.1, -0.05) is 42.6 Å². The molecule has 26 heavy (non-hydrogen) atoms. The third kappa shape index (κ3) is 4.75. The highest BCUT2D eigenvalue weighted by Gasteiger charge is 2.34. The zero-order valence-electron chi connectivity index (χ0n) is 14.5. The zero-order chi connectivity index (χ0) is 18.7. The average molecular weight is 379 g/mol. The number of nitrogens with zero attached hydrogens (tertiary/aromatic N) is 1. The molecule has 1 saturated heterocycles. The lowest BCUT2D eigenvalue weighted by Crippen LogP contribution is -2.44. The highest BCUT2D eigenvalue weighted by Crippen LogP contribution is 2.33. The molecule has 2 fully saturated rings. The topological polar surface area (TPSA) is 86.7 Å². The van der Waals surface area contributed by atoms with Crippen molar-refractivity contribution in [1.82, 2.24) is 10.2 Å². The summed E-state index contributed by atoms with van der Waals surface area (Å²) < 4.78 is 0. The summed E-state index contributed by atoms with van der Waals surface area (Å²) in [6, 6.07) is 6.25. The number of carboxylic acids is 1. The van der Waals surface area contributed by atoms with E-state index in [2.05, 4.69) is 5.32 Å². The van der Waals surface area contributed by atoms with Crippen LogP contribution in [0.1, 0.15) is 44.1 Å². The van der Waals surface area contributed by atoms with E-state index in [1.165, 1.54) is 0 Å². The summed E-state index contributed by atoms with van der Waals surface area (Å²) >= 11 is 6.18. The number of carbonyl (C=O) groups excluding carboxylic acids is 2. The van der Waals surface area contributed by atoms with Crippen LogP contribution in [0.2, 0.25) is 5.02 Å². The van der Waals surface area contributed by atoms with Gasteiger partial charge in [0.15, 0.2) is 0 Å². The highest BCUT2D eigenvalue weighted by molar-refractivity contribution is 6.31. The fraction of sp³-hybridized carbons (Fsp3) is 0.526. The molecule has 2 amide bonds. The molecule has 1 aromatic carbocycles. The number of carbonyl (C=O) groups is 3. The number of likely N-dealkylation sites (tertiary alicyclic amines) is 1. The molecular formula is C19H23ClN2O4. The molecule has 0 radical (unpaired) electrons. The van der Waals surface area contributed by atoms with Crippen LogP contribution in [0.5, 0.6) is 0 Å². The van der Waals surface area contributed by atoms with Crippen LogP contribution in [0.4, 0.5) is 0 Å². The van der Waals surface area contributed by atoms with Crippen molar-refractivity contribution >= 4 is 29.4 Å². The Labute approximate surface area is 157 Å². The van der Waals surface area contributed by atoms with Gasteiger partial charge in [-0.3, -0.25) is 9.59 Å². The second-order valence-electron chi connectivity index (χ2n) is 7.15. The maximum Gasteiger partial charge on any atom is 0.326 e. The molecule has 6 nitrogen and oxygen atoms in total. The normalized spacial score (nSPS) is 20.9. The Morgan fingerprint density at radius 1 is 1.27 bits per heavy atom. The summed E-state index contributed by atoms with van der Waals surface area (Å²) in [7, 11) is 0. The zero-order valence-corrected chi connectivity index (χ0v) is 15.2. The molecule has 2 aliphatic rings. The minimum absolute atomic E-state index is 0.00418. The van der Waals surface area contributed by atoms with E-state index < -0.39 is 12.0 Å². The second kappa shape index (κ2) is 8.08. The number of rotatable bonds is 8. The van der Waals surface area contributed by atoms with Crippen LogP contribution in [0.3, 0.4) is 0 Å². The van der Waals surface area contributed by atoms with Crippen LogP contribution in [0.25, 0.3) is 0 Å². The number of halogens is 1. The average Bonchev–Trinajstić information content (AvgIpc) is 3.35. The van der Waals surface area contributed by atoms with Crippen molar-refractivity contribution in [3.05, 3.63) is 34.9 Å². The summed E-state index contributed by atoms with van der Waals surface area (Å²) in [5.41, 5.74) is 0.840. The lowest BCUT2D eigenvalue weighted by atomic mass is 10.1. The van der Waals surface area contributed by atoms with Crippen LogP contribution >= 0.6 is 11.6 Å². The van der Waals surface area contributed by atoms with Gasteiger partial charge in [-0.15, -0.1) is 0 Å². The van der Waals surface area contributed by atoms with Gasteiger partial charge in [-0.25, -0.2) is 4.79 Å². The van der Waals surface area contributed by atoms with E-state index in [-0.39, 0.29) is 24.3 Å². The quantitative estimate of drug-likeness (QED) is 0.727. The van der Waals surface area contributed by atoms with Crippen molar-refractivity contribution in [1.29, 1.82) is 0 Å². The Morgan fingerprint density at radius 2 is 2.00 bits per heavy atom. The van der Waals surface area contributed by atoms with Crippen molar-refractivity contribution in [2.75, 3.05) is 0 Å². The molecule has 7 heteroatoms. The number of aliphatic carboxylic acids is 1. The van der Waals surface area contributed by atoms with Gasteiger partial charge < -0.3 is 15.3 Å². The van der Waals surface area contributed by atoms with Crippen LogP contribution in [-0.4, -0.2) is 39.9 Å². The number of benzene rings is 1. The van der Waals surface area contributed by atoms with Gasteiger partial charge in [-0.2, -0.15) is 0 Å². The first kappa shape index (κ1) is 18.7. The molecule has 1 aliphatic carbocycles. The largest absolute Gasteiger partial charge is 0.480 e. The summed E-state index contributed by atoms with van der Waals surface area (Å²) in [6.07, 6.45) is 3.65. The molecule has 140 valence electrons. The fourth-order valence-electron chi connectivity index (χ4n) is 3.41. The Balaban J connectivity index is 1.60. The predicted octanol–water partition coefficient (Wildman–Crippen LogP) is 2.59. The van der Waals surface area contributed by atoms with Crippen LogP contribution < -0.4 is 5.32 Å². The van der Waals surface area contributed by atoms with Crippen LogP contribution in [-0.2, 0) is 20.9 Å². The van der Waals surface area contributed by atoms with E-state index in [4.69, 9.17) is 11.6 Å². The number of carboxylic acid groups (broad SMARTS) is 1. The Morgan fingerprint density at radius 3 is 2.65 bits per heavy atom. The maximum absolute atomic E-state index is 12.3. The molecule has 2 atom stereocenters. The number of amides is 2. The van der Waals surface area contributed by atoms with Crippen LogP contribution in [0.15, 0.2) is 24.3 Å². The molecule has 2 N–H and O–H groups in total. The smallest absolute Gasteiger partial charge is 0.326 e. The van der Waals surface area contributed by atoms with E-state index in [0.717, 1.165) is 18.4 Å². The molecule has 1 saturated carbocycles. The Hall–Kier alpha value is -2.08. The number of nitrogens with one attached hydrogen (secondary N) is 1.